The summed E-state index contributed by atoms with van der Waals surface area (Å²) >= 11 is 0. The molecule has 0 fully saturated rings. The van der Waals surface area contributed by atoms with Gasteiger partial charge in [-0.25, -0.2) is 4.79 Å². The molecule has 0 aromatic heterocycles. The fourth-order valence-corrected chi connectivity index (χ4v) is 3.34. The Kier molecular flexibility index (Phi) is 6.58. The molecule has 0 saturated carbocycles. The summed E-state index contributed by atoms with van der Waals surface area (Å²) in [6, 6.07) is 7.29. The minimum absolute atomic E-state index is 0.407. The number of ether oxygens (including phenoxy) is 5. The topological polar surface area (TPSA) is 75.3 Å². The smallest absolute Gasteiger partial charge is 0.407 e. The SMILES string of the molecule is CCNC(=O)OC1Cc2cc(OC)c(OC)cc2C#Cc2cc(OC)c(OC)cc21. The Labute approximate surface area is 176 Å². The van der Waals surface area contributed by atoms with Crippen LogP contribution in [0.4, 0.5) is 4.79 Å². The van der Waals surface area contributed by atoms with Crippen LogP contribution in [0.3, 0.4) is 0 Å². The Morgan fingerprint density at radius 3 is 2.03 bits per heavy atom. The van der Waals surface area contributed by atoms with E-state index in [2.05, 4.69) is 17.2 Å². The summed E-state index contributed by atoms with van der Waals surface area (Å²) in [5.41, 5.74) is 3.10. The molecule has 1 aliphatic carbocycles. The number of alkyl carbamates (subject to hydrolysis) is 1. The minimum atomic E-state index is -0.585. The number of carbonyl (C=O) groups is 1. The lowest BCUT2D eigenvalue weighted by Gasteiger charge is -2.24. The monoisotopic (exact) mass is 411 g/mol. The normalized spacial score (nSPS) is 14.0. The van der Waals surface area contributed by atoms with E-state index in [9.17, 15) is 4.79 Å². The Morgan fingerprint density at radius 1 is 0.900 bits per heavy atom. The van der Waals surface area contributed by atoms with Gasteiger partial charge in [-0.2, -0.15) is 0 Å². The predicted molar refractivity (Wildman–Crippen MR) is 112 cm³/mol. The van der Waals surface area contributed by atoms with Gasteiger partial charge < -0.3 is 29.0 Å². The van der Waals surface area contributed by atoms with E-state index in [1.807, 2.05) is 19.1 Å². The number of hydrogen-bond acceptors (Lipinski definition) is 6. The molecule has 1 N–H and O–H groups in total. The first-order valence-electron chi connectivity index (χ1n) is 9.51. The number of nitrogens with one attached hydrogen (secondary N) is 1. The highest BCUT2D eigenvalue weighted by Crippen LogP contribution is 2.38. The Morgan fingerprint density at radius 2 is 1.43 bits per heavy atom. The fraction of sp³-hybridized carbons (Fsp3) is 0.348. The van der Waals surface area contributed by atoms with Gasteiger partial charge in [0, 0.05) is 35.7 Å². The van der Waals surface area contributed by atoms with Crippen LogP contribution in [0.5, 0.6) is 23.0 Å². The van der Waals surface area contributed by atoms with Crippen molar-refractivity contribution >= 4 is 6.09 Å². The quantitative estimate of drug-likeness (QED) is 0.734. The molecule has 0 aliphatic heterocycles. The third-order valence-corrected chi connectivity index (χ3v) is 4.82. The standard InChI is InChI=1S/C23H25NO6/c1-6-24-23(25)30-18-11-16-12-21(28-4)19(26-2)9-14(16)7-8-15-10-20(27-3)22(29-5)13-17(15)18/h9-10,12-13,18H,6,11H2,1-5H3,(H,24,25). The molecule has 30 heavy (non-hydrogen) atoms. The van der Waals surface area contributed by atoms with Gasteiger partial charge in [-0.05, 0) is 30.7 Å². The summed E-state index contributed by atoms with van der Waals surface area (Å²) in [6.45, 7) is 2.30. The molecule has 3 rings (SSSR count). The van der Waals surface area contributed by atoms with E-state index in [1.54, 1.807) is 40.6 Å². The Bertz CT molecular complexity index is 1000. The summed E-state index contributed by atoms with van der Waals surface area (Å²) < 4.78 is 27.5. The van der Waals surface area contributed by atoms with Gasteiger partial charge in [0.15, 0.2) is 23.0 Å². The molecule has 2 aromatic carbocycles. The molecule has 0 radical (unpaired) electrons. The highest BCUT2D eigenvalue weighted by molar-refractivity contribution is 5.68. The minimum Gasteiger partial charge on any atom is -0.493 e. The molecule has 0 spiro atoms. The third-order valence-electron chi connectivity index (χ3n) is 4.82. The van der Waals surface area contributed by atoms with Gasteiger partial charge in [0.05, 0.1) is 28.4 Å². The van der Waals surface area contributed by atoms with E-state index in [0.717, 1.165) is 16.7 Å². The number of hydrogen-bond donors (Lipinski definition) is 1. The molecule has 158 valence electrons. The van der Waals surface area contributed by atoms with E-state index in [0.29, 0.717) is 41.5 Å². The van der Waals surface area contributed by atoms with Crippen molar-refractivity contribution < 1.29 is 28.5 Å². The van der Waals surface area contributed by atoms with Crippen LogP contribution in [-0.4, -0.2) is 41.1 Å². The molecular weight excluding hydrogens is 386 g/mol. The summed E-state index contributed by atoms with van der Waals surface area (Å²) in [6.07, 6.45) is -0.680. The van der Waals surface area contributed by atoms with Crippen LogP contribution in [0.1, 0.15) is 35.3 Å². The van der Waals surface area contributed by atoms with E-state index < -0.39 is 12.2 Å². The lowest BCUT2D eigenvalue weighted by atomic mass is 9.91. The summed E-state index contributed by atoms with van der Waals surface area (Å²) in [4.78, 5) is 12.3. The van der Waals surface area contributed by atoms with Gasteiger partial charge in [-0.1, -0.05) is 11.8 Å². The van der Waals surface area contributed by atoms with E-state index in [-0.39, 0.29) is 0 Å². The molecule has 0 heterocycles. The van der Waals surface area contributed by atoms with Crippen molar-refractivity contribution in [2.45, 2.75) is 19.4 Å². The van der Waals surface area contributed by atoms with Crippen LogP contribution in [0.25, 0.3) is 0 Å². The molecule has 1 unspecified atom stereocenters. The van der Waals surface area contributed by atoms with Crippen LogP contribution >= 0.6 is 0 Å². The average Bonchev–Trinajstić information content (AvgIpc) is 2.75. The zero-order chi connectivity index (χ0) is 21.7. The second kappa shape index (κ2) is 9.31. The van der Waals surface area contributed by atoms with Crippen molar-refractivity contribution in [2.75, 3.05) is 35.0 Å². The first-order chi connectivity index (χ1) is 14.5. The Hall–Kier alpha value is -3.53. The molecule has 7 nitrogen and oxygen atoms in total. The summed E-state index contributed by atoms with van der Waals surface area (Å²) in [5, 5.41) is 2.68. The van der Waals surface area contributed by atoms with E-state index in [1.165, 1.54) is 0 Å². The summed E-state index contributed by atoms with van der Waals surface area (Å²) in [5.74, 6) is 8.63. The largest absolute Gasteiger partial charge is 0.493 e. The van der Waals surface area contributed by atoms with E-state index in [4.69, 9.17) is 23.7 Å². The van der Waals surface area contributed by atoms with Crippen molar-refractivity contribution in [3.63, 3.8) is 0 Å². The maximum Gasteiger partial charge on any atom is 0.407 e. The highest BCUT2D eigenvalue weighted by Gasteiger charge is 2.26. The van der Waals surface area contributed by atoms with Crippen molar-refractivity contribution in [3.8, 4) is 34.8 Å². The predicted octanol–water partition coefficient (Wildman–Crippen LogP) is 3.46. The zero-order valence-corrected chi connectivity index (χ0v) is 17.8. The number of methoxy groups -OCH3 is 4. The summed E-state index contributed by atoms with van der Waals surface area (Å²) in [7, 11) is 6.28. The molecule has 2 aromatic rings. The third kappa shape index (κ3) is 4.23. The number of rotatable bonds is 6. The van der Waals surface area contributed by atoms with Crippen molar-refractivity contribution in [2.24, 2.45) is 0 Å². The van der Waals surface area contributed by atoms with Crippen LogP contribution in [0.2, 0.25) is 0 Å². The van der Waals surface area contributed by atoms with Crippen LogP contribution in [-0.2, 0) is 11.2 Å². The van der Waals surface area contributed by atoms with Gasteiger partial charge in [0.1, 0.15) is 6.10 Å². The molecule has 1 aliphatic rings. The van der Waals surface area contributed by atoms with Gasteiger partial charge in [-0.15, -0.1) is 0 Å². The second-order valence-corrected chi connectivity index (χ2v) is 6.54. The van der Waals surface area contributed by atoms with Gasteiger partial charge in [-0.3, -0.25) is 0 Å². The number of amides is 1. The van der Waals surface area contributed by atoms with Crippen LogP contribution < -0.4 is 24.3 Å². The molecule has 1 atom stereocenters. The molecule has 0 saturated heterocycles. The number of carbonyl (C=O) groups excluding carboxylic acids is 1. The molecule has 0 bridgehead atoms. The maximum absolute atomic E-state index is 12.3. The molecule has 1 amide bonds. The zero-order valence-electron chi connectivity index (χ0n) is 17.8. The molecular formula is C23H25NO6. The first-order valence-corrected chi connectivity index (χ1v) is 9.51. The van der Waals surface area contributed by atoms with Gasteiger partial charge in [0.25, 0.3) is 0 Å². The second-order valence-electron chi connectivity index (χ2n) is 6.54. The van der Waals surface area contributed by atoms with Crippen molar-refractivity contribution in [1.82, 2.24) is 5.32 Å². The lowest BCUT2D eigenvalue weighted by molar-refractivity contribution is 0.0975. The fourth-order valence-electron chi connectivity index (χ4n) is 3.34. The molecule has 7 heteroatoms. The van der Waals surface area contributed by atoms with Crippen molar-refractivity contribution in [3.05, 3.63) is 46.5 Å². The van der Waals surface area contributed by atoms with Crippen molar-refractivity contribution in [1.29, 1.82) is 0 Å². The Balaban J connectivity index is 2.18. The first kappa shape index (κ1) is 21.2. The van der Waals surface area contributed by atoms with Crippen LogP contribution in [0.15, 0.2) is 24.3 Å². The van der Waals surface area contributed by atoms with Gasteiger partial charge in [0.2, 0.25) is 0 Å². The van der Waals surface area contributed by atoms with E-state index >= 15 is 0 Å². The lowest BCUT2D eigenvalue weighted by Crippen LogP contribution is -2.27. The number of fused-ring (bicyclic) bond motifs is 2. The maximum atomic E-state index is 12.3. The average molecular weight is 411 g/mol. The highest BCUT2D eigenvalue weighted by atomic mass is 16.6. The number of benzene rings is 2. The van der Waals surface area contributed by atoms with Gasteiger partial charge >= 0.3 is 6.09 Å². The van der Waals surface area contributed by atoms with Crippen LogP contribution in [0, 0.1) is 11.8 Å².